The lowest BCUT2D eigenvalue weighted by molar-refractivity contribution is -0.151. The van der Waals surface area contributed by atoms with E-state index in [0.29, 0.717) is 23.4 Å². The van der Waals surface area contributed by atoms with E-state index >= 15 is 0 Å². The number of aromatic amines is 1. The number of anilines is 1. The van der Waals surface area contributed by atoms with Crippen LogP contribution in [0.3, 0.4) is 0 Å². The minimum Gasteiger partial charge on any atom is -0.461 e. The number of nitrogens with zero attached hydrogens (tertiary/aromatic N) is 2. The maximum absolute atomic E-state index is 13.2. The van der Waals surface area contributed by atoms with E-state index in [0.717, 1.165) is 27.8 Å². The fraction of sp³-hybridized carbons (Fsp3) is 0.333. The fourth-order valence-electron chi connectivity index (χ4n) is 3.99. The summed E-state index contributed by atoms with van der Waals surface area (Å²) >= 11 is 2.27. The average Bonchev–Trinajstić information content (AvgIpc) is 3.71. The monoisotopic (exact) mass is 582 g/mol. The largest absolute Gasteiger partial charge is 0.461 e. The molecule has 0 radical (unpaired) electrons. The lowest BCUT2D eigenvalue weighted by Crippen LogP contribution is -2.49. The highest BCUT2D eigenvalue weighted by atomic mass is 32.1. The van der Waals surface area contributed by atoms with Gasteiger partial charge in [-0.2, -0.15) is 5.10 Å². The third-order valence-electron chi connectivity index (χ3n) is 6.17. The third-order valence-corrected chi connectivity index (χ3v) is 8.11. The maximum atomic E-state index is 13.2. The molecule has 0 aliphatic rings. The van der Waals surface area contributed by atoms with Gasteiger partial charge in [0.25, 0.3) is 11.8 Å². The number of fused-ring (bicyclic) bond motifs is 1. The lowest BCUT2D eigenvalue weighted by Gasteiger charge is -2.21. The van der Waals surface area contributed by atoms with Crippen molar-refractivity contribution in [1.82, 2.24) is 25.8 Å². The molecule has 13 heteroatoms. The van der Waals surface area contributed by atoms with Gasteiger partial charge in [-0.05, 0) is 42.8 Å². The summed E-state index contributed by atoms with van der Waals surface area (Å²) in [6.07, 6.45) is 2.71. The third kappa shape index (κ3) is 7.10. The Morgan fingerprint density at radius 3 is 2.60 bits per heavy atom. The molecule has 0 bridgehead atoms. The van der Waals surface area contributed by atoms with E-state index in [1.54, 1.807) is 30.6 Å². The molecular weight excluding hydrogens is 552 g/mol. The van der Waals surface area contributed by atoms with Crippen LogP contribution in [0, 0.1) is 6.92 Å². The zero-order chi connectivity index (χ0) is 28.6. The number of amides is 3. The van der Waals surface area contributed by atoms with Crippen molar-refractivity contribution in [3.8, 4) is 0 Å². The van der Waals surface area contributed by atoms with Gasteiger partial charge in [0.05, 0.1) is 28.7 Å². The molecule has 40 heavy (non-hydrogen) atoms. The Kier molecular flexibility index (Phi) is 9.61. The number of H-pyrrole nitrogens is 1. The summed E-state index contributed by atoms with van der Waals surface area (Å²) in [5, 5.41) is 17.9. The Balaban J connectivity index is 1.43. The number of aryl methyl sites for hydroxylation is 1. The highest BCUT2D eigenvalue weighted by molar-refractivity contribution is 7.17. The second kappa shape index (κ2) is 13.3. The summed E-state index contributed by atoms with van der Waals surface area (Å²) in [6, 6.07) is 7.87. The summed E-state index contributed by atoms with van der Waals surface area (Å²) < 4.78 is 5.56. The van der Waals surface area contributed by atoms with Crippen LogP contribution in [0.15, 0.2) is 41.9 Å². The molecule has 0 aliphatic heterocycles. The lowest BCUT2D eigenvalue weighted by atomic mass is 10.1. The van der Waals surface area contributed by atoms with Crippen molar-refractivity contribution in [1.29, 1.82) is 0 Å². The van der Waals surface area contributed by atoms with Gasteiger partial charge in [-0.1, -0.05) is 43.4 Å². The summed E-state index contributed by atoms with van der Waals surface area (Å²) in [6.45, 7) is 5.30. The molecule has 3 heterocycles. The van der Waals surface area contributed by atoms with Gasteiger partial charge in [0.15, 0.2) is 5.13 Å². The van der Waals surface area contributed by atoms with Crippen molar-refractivity contribution >= 4 is 62.4 Å². The van der Waals surface area contributed by atoms with Crippen molar-refractivity contribution in [3.05, 3.63) is 62.9 Å². The summed E-state index contributed by atoms with van der Waals surface area (Å²) in [4.78, 5) is 56.4. The van der Waals surface area contributed by atoms with Gasteiger partial charge in [-0.15, -0.1) is 11.3 Å². The van der Waals surface area contributed by atoms with Crippen LogP contribution in [0.5, 0.6) is 0 Å². The van der Waals surface area contributed by atoms with Gasteiger partial charge < -0.3 is 20.7 Å². The Morgan fingerprint density at radius 1 is 1.07 bits per heavy atom. The van der Waals surface area contributed by atoms with Gasteiger partial charge in [0, 0.05) is 11.9 Å². The first-order valence-electron chi connectivity index (χ1n) is 12.8. The van der Waals surface area contributed by atoms with Gasteiger partial charge in [0.2, 0.25) is 5.91 Å². The molecule has 0 unspecified atom stereocenters. The number of carbonyl (C=O) groups excluding carboxylic acids is 4. The Bertz CT molecular complexity index is 1490. The Labute approximate surface area is 238 Å². The molecular formula is C27H30N6O5S2. The summed E-state index contributed by atoms with van der Waals surface area (Å²) in [5.74, 6) is -1.85. The molecule has 0 saturated carbocycles. The van der Waals surface area contributed by atoms with Crippen LogP contribution in [-0.2, 0) is 20.7 Å². The minimum atomic E-state index is -1.12. The van der Waals surface area contributed by atoms with Crippen LogP contribution in [0.25, 0.3) is 10.9 Å². The molecule has 3 aromatic heterocycles. The Hall–Kier alpha value is -4.10. The number of hydrogen-bond acceptors (Lipinski definition) is 9. The van der Waals surface area contributed by atoms with E-state index in [2.05, 4.69) is 31.1 Å². The van der Waals surface area contributed by atoms with Crippen LogP contribution in [0.1, 0.15) is 57.3 Å². The van der Waals surface area contributed by atoms with Gasteiger partial charge in [-0.25, -0.2) is 9.78 Å². The number of ether oxygens (including phenoxy) is 1. The highest BCUT2D eigenvalue weighted by Gasteiger charge is 2.28. The fourth-order valence-corrected chi connectivity index (χ4v) is 5.51. The van der Waals surface area contributed by atoms with Crippen molar-refractivity contribution in [3.63, 3.8) is 0 Å². The number of hydrogen-bond donors (Lipinski definition) is 4. The topological polar surface area (TPSA) is 155 Å². The van der Waals surface area contributed by atoms with Crippen LogP contribution in [0.2, 0.25) is 0 Å². The van der Waals surface area contributed by atoms with E-state index in [1.807, 2.05) is 32.0 Å². The van der Waals surface area contributed by atoms with E-state index in [4.69, 9.17) is 4.74 Å². The molecule has 1 atom stereocenters. The molecule has 0 aliphatic carbocycles. The molecule has 3 amide bonds. The standard InChI is InChI=1S/C27H30N6O5S2/c1-4-17(5-2)38-26(37)20(14-28-24(35)21-10-7-11-39-21)31-25(36)23-15(3)30-27(40-23)32-22(34)12-16-8-6-9-19-18(16)13-29-33-19/h6-11,13,17,20H,4-5,12,14H2,1-3H3,(H,28,35)(H,29,33)(H,31,36)(H,30,32,34)/t20-/m0/s1. The molecule has 4 rings (SSSR count). The highest BCUT2D eigenvalue weighted by Crippen LogP contribution is 2.24. The molecule has 210 valence electrons. The predicted molar refractivity (Wildman–Crippen MR) is 154 cm³/mol. The van der Waals surface area contributed by atoms with Gasteiger partial charge in [-0.3, -0.25) is 19.5 Å². The zero-order valence-electron chi connectivity index (χ0n) is 22.3. The van der Waals surface area contributed by atoms with Crippen molar-refractivity contribution in [2.24, 2.45) is 0 Å². The van der Waals surface area contributed by atoms with Crippen molar-refractivity contribution in [2.45, 2.75) is 52.2 Å². The second-order valence-corrected chi connectivity index (χ2v) is 10.9. The predicted octanol–water partition coefficient (Wildman–Crippen LogP) is 3.83. The molecule has 0 spiro atoms. The zero-order valence-corrected chi connectivity index (χ0v) is 23.9. The minimum absolute atomic E-state index is 0.102. The quantitative estimate of drug-likeness (QED) is 0.185. The number of nitrogens with one attached hydrogen (secondary N) is 4. The number of thiazole rings is 1. The van der Waals surface area contributed by atoms with E-state index in [1.165, 1.54) is 11.3 Å². The smallest absolute Gasteiger partial charge is 0.330 e. The molecule has 4 N–H and O–H groups in total. The van der Waals surface area contributed by atoms with Crippen LogP contribution in [0.4, 0.5) is 5.13 Å². The number of benzene rings is 1. The van der Waals surface area contributed by atoms with Crippen LogP contribution < -0.4 is 16.0 Å². The number of aromatic nitrogens is 3. The molecule has 4 aromatic rings. The van der Waals surface area contributed by atoms with Crippen molar-refractivity contribution < 1.29 is 23.9 Å². The summed E-state index contributed by atoms with van der Waals surface area (Å²) in [5.41, 5.74) is 2.03. The number of carbonyl (C=O) groups is 4. The first-order chi connectivity index (χ1) is 19.3. The van der Waals surface area contributed by atoms with Gasteiger partial charge >= 0.3 is 5.97 Å². The van der Waals surface area contributed by atoms with Gasteiger partial charge in [0.1, 0.15) is 17.0 Å². The SMILES string of the molecule is CCC(CC)OC(=O)[C@H](CNC(=O)c1cccs1)NC(=O)c1sc(NC(=O)Cc2cccc3[nH]ncc23)nc1C. The molecule has 0 saturated heterocycles. The number of esters is 1. The number of rotatable bonds is 12. The van der Waals surface area contributed by atoms with Crippen LogP contribution in [-0.4, -0.2) is 57.6 Å². The normalized spacial score (nSPS) is 11.8. The first-order valence-corrected chi connectivity index (χ1v) is 14.5. The molecule has 0 fully saturated rings. The van der Waals surface area contributed by atoms with Crippen molar-refractivity contribution in [2.75, 3.05) is 11.9 Å². The van der Waals surface area contributed by atoms with E-state index in [9.17, 15) is 19.2 Å². The number of thiophene rings is 1. The maximum Gasteiger partial charge on any atom is 0.330 e. The van der Waals surface area contributed by atoms with Crippen LogP contribution >= 0.6 is 22.7 Å². The summed E-state index contributed by atoms with van der Waals surface area (Å²) in [7, 11) is 0. The molecule has 11 nitrogen and oxygen atoms in total. The van der Waals surface area contributed by atoms with E-state index < -0.39 is 17.9 Å². The molecule has 1 aromatic carbocycles. The second-order valence-electron chi connectivity index (χ2n) is 9.00. The Morgan fingerprint density at radius 2 is 1.88 bits per heavy atom. The average molecular weight is 583 g/mol. The first kappa shape index (κ1) is 28.9. The van der Waals surface area contributed by atoms with E-state index in [-0.39, 0.29) is 40.9 Å².